The first-order valence-corrected chi connectivity index (χ1v) is 6.23. The fourth-order valence-corrected chi connectivity index (χ4v) is 1.44. The zero-order chi connectivity index (χ0) is 15.1. The van der Waals surface area contributed by atoms with Gasteiger partial charge in [-0.3, -0.25) is 9.59 Å². The molecule has 0 aliphatic rings. The molecule has 1 atom stereocenters. The monoisotopic (exact) mass is 279 g/mol. The summed E-state index contributed by atoms with van der Waals surface area (Å²) in [6.45, 7) is 4.02. The maximum absolute atomic E-state index is 11.9. The number of pyridine rings is 1. The van der Waals surface area contributed by atoms with E-state index in [0.717, 1.165) is 12.5 Å². The molecule has 7 heteroatoms. The summed E-state index contributed by atoms with van der Waals surface area (Å²) in [5.41, 5.74) is -0.0757. The van der Waals surface area contributed by atoms with Gasteiger partial charge in [0.2, 0.25) is 5.91 Å². The lowest BCUT2D eigenvalue weighted by Crippen LogP contribution is -2.45. The van der Waals surface area contributed by atoms with E-state index in [1.165, 1.54) is 12.3 Å². The molecule has 0 aliphatic heterocycles. The summed E-state index contributed by atoms with van der Waals surface area (Å²) in [4.78, 5) is 37.9. The normalized spacial score (nSPS) is 11.5. The molecule has 0 aromatic carbocycles. The lowest BCUT2D eigenvalue weighted by Gasteiger charge is -2.13. The van der Waals surface area contributed by atoms with Gasteiger partial charge in [0.25, 0.3) is 5.91 Å². The summed E-state index contributed by atoms with van der Waals surface area (Å²) >= 11 is 0. The number of carboxylic acid groups (broad SMARTS) is 1. The molecule has 1 aromatic rings. The van der Waals surface area contributed by atoms with Crippen LogP contribution in [0.3, 0.4) is 0 Å². The third-order valence-electron chi connectivity index (χ3n) is 2.53. The average molecular weight is 279 g/mol. The molecule has 1 rings (SSSR count). The number of nitrogens with zero attached hydrogens (tertiary/aromatic N) is 1. The van der Waals surface area contributed by atoms with Crippen molar-refractivity contribution in [3.63, 3.8) is 0 Å². The Kier molecular flexibility index (Phi) is 5.64. The first-order valence-electron chi connectivity index (χ1n) is 6.23. The lowest BCUT2D eigenvalue weighted by molar-refractivity contribution is -0.122. The maximum Gasteiger partial charge on any atom is 0.354 e. The number of aromatic carboxylic acids is 1. The van der Waals surface area contributed by atoms with E-state index in [1.54, 1.807) is 6.92 Å². The molecule has 1 unspecified atom stereocenters. The van der Waals surface area contributed by atoms with Crippen molar-refractivity contribution < 1.29 is 19.5 Å². The number of carboxylic acids is 1. The van der Waals surface area contributed by atoms with Gasteiger partial charge in [-0.1, -0.05) is 6.92 Å². The van der Waals surface area contributed by atoms with E-state index in [2.05, 4.69) is 15.6 Å². The molecule has 3 N–H and O–H groups in total. The Morgan fingerprint density at radius 1 is 1.40 bits per heavy atom. The van der Waals surface area contributed by atoms with E-state index in [0.29, 0.717) is 6.54 Å². The number of amides is 2. The van der Waals surface area contributed by atoms with Crippen molar-refractivity contribution in [3.8, 4) is 0 Å². The van der Waals surface area contributed by atoms with E-state index in [1.807, 2.05) is 6.92 Å². The number of hydrogen-bond donors (Lipinski definition) is 3. The van der Waals surface area contributed by atoms with Crippen LogP contribution in [-0.2, 0) is 4.79 Å². The summed E-state index contributed by atoms with van der Waals surface area (Å²) < 4.78 is 0. The van der Waals surface area contributed by atoms with E-state index in [9.17, 15) is 14.4 Å². The molecule has 0 saturated carbocycles. The highest BCUT2D eigenvalue weighted by molar-refractivity contribution is 5.99. The van der Waals surface area contributed by atoms with E-state index in [4.69, 9.17) is 5.11 Å². The maximum atomic E-state index is 11.9. The molecule has 20 heavy (non-hydrogen) atoms. The van der Waals surface area contributed by atoms with Crippen LogP contribution in [0.2, 0.25) is 0 Å². The van der Waals surface area contributed by atoms with Gasteiger partial charge in [-0.05, 0) is 25.5 Å². The van der Waals surface area contributed by atoms with E-state index < -0.39 is 17.9 Å². The minimum absolute atomic E-state index is 0.146. The van der Waals surface area contributed by atoms with Gasteiger partial charge in [0, 0.05) is 18.3 Å². The summed E-state index contributed by atoms with van der Waals surface area (Å²) in [5.74, 6) is -2.02. The predicted octanol–water partition coefficient (Wildman–Crippen LogP) is 0.424. The largest absolute Gasteiger partial charge is 0.477 e. The van der Waals surface area contributed by atoms with Crippen molar-refractivity contribution in [2.45, 2.75) is 26.3 Å². The number of hydrogen-bond acceptors (Lipinski definition) is 4. The van der Waals surface area contributed by atoms with Crippen LogP contribution >= 0.6 is 0 Å². The third-order valence-corrected chi connectivity index (χ3v) is 2.53. The van der Waals surface area contributed by atoms with Gasteiger partial charge in [-0.25, -0.2) is 9.78 Å². The molecule has 0 aliphatic carbocycles. The van der Waals surface area contributed by atoms with Crippen molar-refractivity contribution in [2.75, 3.05) is 6.54 Å². The lowest BCUT2D eigenvalue weighted by atomic mass is 10.2. The van der Waals surface area contributed by atoms with Crippen LogP contribution in [0.25, 0.3) is 0 Å². The highest BCUT2D eigenvalue weighted by atomic mass is 16.4. The Balaban J connectivity index is 2.69. The van der Waals surface area contributed by atoms with Crippen LogP contribution in [0.1, 0.15) is 41.1 Å². The molecular formula is C13H17N3O4. The standard InChI is InChI=1S/C13H17N3O4/c1-3-5-15-11(17)8(2)16-12(18)9-4-6-14-10(7-9)13(19)20/h4,6-8H,3,5H2,1-2H3,(H,15,17)(H,16,18)(H,19,20). The van der Waals surface area contributed by atoms with Crippen LogP contribution in [0.15, 0.2) is 18.3 Å². The number of nitrogens with one attached hydrogen (secondary N) is 2. The second-order valence-corrected chi connectivity index (χ2v) is 4.22. The van der Waals surface area contributed by atoms with Crippen LogP contribution in [-0.4, -0.2) is 40.5 Å². The number of rotatable bonds is 6. The van der Waals surface area contributed by atoms with Crippen LogP contribution < -0.4 is 10.6 Å². The molecule has 2 amide bonds. The molecule has 0 radical (unpaired) electrons. The van der Waals surface area contributed by atoms with Crippen molar-refractivity contribution in [3.05, 3.63) is 29.6 Å². The SMILES string of the molecule is CCCNC(=O)C(C)NC(=O)c1ccnc(C(=O)O)c1. The zero-order valence-electron chi connectivity index (χ0n) is 11.3. The summed E-state index contributed by atoms with van der Waals surface area (Å²) in [6, 6.07) is 1.85. The molecule has 0 bridgehead atoms. The predicted molar refractivity (Wildman–Crippen MR) is 71.4 cm³/mol. The van der Waals surface area contributed by atoms with Gasteiger partial charge < -0.3 is 15.7 Å². The van der Waals surface area contributed by atoms with Gasteiger partial charge in [0.15, 0.2) is 0 Å². The van der Waals surface area contributed by atoms with Crippen molar-refractivity contribution >= 4 is 17.8 Å². The fraction of sp³-hybridized carbons (Fsp3) is 0.385. The summed E-state index contributed by atoms with van der Waals surface area (Å²) in [7, 11) is 0. The van der Waals surface area contributed by atoms with E-state index in [-0.39, 0.29) is 17.2 Å². The van der Waals surface area contributed by atoms with Crippen LogP contribution in [0, 0.1) is 0 Å². The summed E-state index contributed by atoms with van der Waals surface area (Å²) in [5, 5.41) is 14.0. The first-order chi connectivity index (χ1) is 9.45. The Morgan fingerprint density at radius 3 is 2.70 bits per heavy atom. The fourth-order valence-electron chi connectivity index (χ4n) is 1.44. The summed E-state index contributed by atoms with van der Waals surface area (Å²) in [6.07, 6.45) is 2.04. The smallest absolute Gasteiger partial charge is 0.354 e. The molecular weight excluding hydrogens is 262 g/mol. The first kappa shape index (κ1) is 15.6. The Labute approximate surface area is 116 Å². The molecule has 0 saturated heterocycles. The molecule has 0 spiro atoms. The third kappa shape index (κ3) is 4.34. The molecule has 1 aromatic heterocycles. The van der Waals surface area contributed by atoms with Gasteiger partial charge in [-0.2, -0.15) is 0 Å². The van der Waals surface area contributed by atoms with E-state index >= 15 is 0 Å². The number of aromatic nitrogens is 1. The number of carbonyl (C=O) groups excluding carboxylic acids is 2. The second-order valence-electron chi connectivity index (χ2n) is 4.22. The molecule has 1 heterocycles. The highest BCUT2D eigenvalue weighted by Gasteiger charge is 2.17. The van der Waals surface area contributed by atoms with Gasteiger partial charge in [0.05, 0.1) is 0 Å². The number of carbonyl (C=O) groups is 3. The van der Waals surface area contributed by atoms with Crippen molar-refractivity contribution in [1.29, 1.82) is 0 Å². The Morgan fingerprint density at radius 2 is 2.10 bits per heavy atom. The highest BCUT2D eigenvalue weighted by Crippen LogP contribution is 2.02. The van der Waals surface area contributed by atoms with Crippen LogP contribution in [0.5, 0.6) is 0 Å². The minimum atomic E-state index is -1.21. The molecule has 0 fully saturated rings. The van der Waals surface area contributed by atoms with Gasteiger partial charge >= 0.3 is 5.97 Å². The zero-order valence-corrected chi connectivity index (χ0v) is 11.3. The topological polar surface area (TPSA) is 108 Å². The Hall–Kier alpha value is -2.44. The van der Waals surface area contributed by atoms with Crippen LogP contribution in [0.4, 0.5) is 0 Å². The molecule has 7 nitrogen and oxygen atoms in total. The van der Waals surface area contributed by atoms with Gasteiger partial charge in [0.1, 0.15) is 11.7 Å². The second kappa shape index (κ2) is 7.22. The average Bonchev–Trinajstić information content (AvgIpc) is 2.44. The quantitative estimate of drug-likeness (QED) is 0.699. The van der Waals surface area contributed by atoms with Gasteiger partial charge in [-0.15, -0.1) is 0 Å². The Bertz CT molecular complexity index is 516. The van der Waals surface area contributed by atoms with Crippen molar-refractivity contribution in [1.82, 2.24) is 15.6 Å². The minimum Gasteiger partial charge on any atom is -0.477 e. The molecule has 108 valence electrons. The van der Waals surface area contributed by atoms with Crippen molar-refractivity contribution in [2.24, 2.45) is 0 Å².